The van der Waals surface area contributed by atoms with Gasteiger partial charge in [-0.15, -0.1) is 0 Å². The summed E-state index contributed by atoms with van der Waals surface area (Å²) in [6.07, 6.45) is 0.910. The summed E-state index contributed by atoms with van der Waals surface area (Å²) in [4.78, 5) is 29.7. The number of hydrogen-bond acceptors (Lipinski definition) is 4. The Kier molecular flexibility index (Phi) is 5.96. The Labute approximate surface area is 214 Å². The van der Waals surface area contributed by atoms with Crippen LogP contribution in [-0.4, -0.2) is 69.7 Å². The molecule has 8 heteroatoms. The minimum atomic E-state index is -0.297. The third kappa shape index (κ3) is 4.49. The van der Waals surface area contributed by atoms with Crippen LogP contribution in [0.3, 0.4) is 0 Å². The van der Waals surface area contributed by atoms with E-state index < -0.39 is 0 Å². The number of carbonyl (C=O) groups excluding carboxylic acids is 2. The first-order valence-electron chi connectivity index (χ1n) is 12.6. The molecule has 2 saturated heterocycles. The highest BCUT2D eigenvalue weighted by atomic mass is 19.1. The smallest absolute Gasteiger partial charge is 0.253 e. The number of aryl methyl sites for hydroxylation is 1. The van der Waals surface area contributed by atoms with Crippen molar-refractivity contribution in [2.75, 3.05) is 26.2 Å². The van der Waals surface area contributed by atoms with Gasteiger partial charge in [-0.2, -0.15) is 5.10 Å². The average Bonchev–Trinajstić information content (AvgIpc) is 3.50. The van der Waals surface area contributed by atoms with Crippen molar-refractivity contribution in [3.05, 3.63) is 89.7 Å². The predicted octanol–water partition coefficient (Wildman–Crippen LogP) is 3.71. The lowest BCUT2D eigenvalue weighted by molar-refractivity contribution is 0.0553. The maximum absolute atomic E-state index is 13.4. The number of aromatic nitrogens is 2. The molecule has 0 spiro atoms. The van der Waals surface area contributed by atoms with Crippen molar-refractivity contribution >= 4 is 22.7 Å². The Balaban J connectivity index is 1.08. The first kappa shape index (κ1) is 23.4. The SMILES string of the molecule is Cn1nc(-c2ccc(F)cc2)c2cc(C(=O)N3CC(N[C@H]4CCN(C(=O)c5ccccc5)C4)C3)ccc21. The molecule has 188 valence electrons. The standard InChI is InChI=1S/C29H28FN5O2/c1-33-26-12-9-21(15-25(26)27(32-33)19-7-10-22(30)11-8-19)29(37)35-17-24(18-35)31-23-13-14-34(16-23)28(36)20-5-3-2-4-6-20/h2-12,15,23-24,31H,13-14,16-18H2,1H3/t23-/m0/s1. The van der Waals surface area contributed by atoms with Gasteiger partial charge in [0.05, 0.1) is 5.52 Å². The van der Waals surface area contributed by atoms with Gasteiger partial charge in [0.15, 0.2) is 0 Å². The van der Waals surface area contributed by atoms with Crippen molar-refractivity contribution in [1.82, 2.24) is 24.9 Å². The van der Waals surface area contributed by atoms with E-state index in [1.807, 2.05) is 65.4 Å². The average molecular weight is 498 g/mol. The molecule has 2 aliphatic rings. The quantitative estimate of drug-likeness (QED) is 0.457. The zero-order valence-corrected chi connectivity index (χ0v) is 20.6. The van der Waals surface area contributed by atoms with Crippen LogP contribution in [0.1, 0.15) is 27.1 Å². The monoisotopic (exact) mass is 497 g/mol. The normalized spacial score (nSPS) is 17.8. The summed E-state index contributed by atoms with van der Waals surface area (Å²) in [5.41, 5.74) is 3.78. The number of carbonyl (C=O) groups is 2. The molecule has 2 aliphatic heterocycles. The fourth-order valence-corrected chi connectivity index (χ4v) is 5.33. The van der Waals surface area contributed by atoms with Gasteiger partial charge in [-0.1, -0.05) is 18.2 Å². The molecule has 1 N–H and O–H groups in total. The van der Waals surface area contributed by atoms with Crippen LogP contribution in [-0.2, 0) is 7.05 Å². The Bertz CT molecular complexity index is 1460. The lowest BCUT2D eigenvalue weighted by atomic mass is 10.0. The molecular weight excluding hydrogens is 469 g/mol. The van der Waals surface area contributed by atoms with Crippen LogP contribution in [0.4, 0.5) is 4.39 Å². The second-order valence-electron chi connectivity index (χ2n) is 9.89. The molecule has 6 rings (SSSR count). The maximum atomic E-state index is 13.4. The van der Waals surface area contributed by atoms with E-state index in [0.29, 0.717) is 25.2 Å². The fourth-order valence-electron chi connectivity index (χ4n) is 5.33. The minimum Gasteiger partial charge on any atom is -0.337 e. The van der Waals surface area contributed by atoms with Crippen LogP contribution in [0, 0.1) is 5.82 Å². The van der Waals surface area contributed by atoms with Gasteiger partial charge in [0.25, 0.3) is 11.8 Å². The van der Waals surface area contributed by atoms with E-state index in [2.05, 4.69) is 10.4 Å². The van der Waals surface area contributed by atoms with E-state index in [4.69, 9.17) is 0 Å². The number of amides is 2. The summed E-state index contributed by atoms with van der Waals surface area (Å²) in [5, 5.41) is 9.10. The van der Waals surface area contributed by atoms with Gasteiger partial charge in [0.2, 0.25) is 0 Å². The fraction of sp³-hybridized carbons (Fsp3) is 0.276. The number of rotatable bonds is 5. The molecule has 0 radical (unpaired) electrons. The molecule has 0 saturated carbocycles. The largest absolute Gasteiger partial charge is 0.337 e. The Morgan fingerprint density at radius 3 is 2.32 bits per heavy atom. The van der Waals surface area contributed by atoms with Crippen molar-refractivity contribution in [2.45, 2.75) is 18.5 Å². The van der Waals surface area contributed by atoms with Gasteiger partial charge in [0.1, 0.15) is 11.5 Å². The number of hydrogen-bond donors (Lipinski definition) is 1. The van der Waals surface area contributed by atoms with E-state index >= 15 is 0 Å². The zero-order chi connectivity index (χ0) is 25.5. The molecule has 4 aromatic rings. The lowest BCUT2D eigenvalue weighted by Crippen LogP contribution is -2.62. The summed E-state index contributed by atoms with van der Waals surface area (Å²) in [6, 6.07) is 21.7. The molecular formula is C29H28FN5O2. The minimum absolute atomic E-state index is 0.0128. The molecule has 3 aromatic carbocycles. The summed E-state index contributed by atoms with van der Waals surface area (Å²) in [6.45, 7) is 2.69. The molecule has 0 unspecified atom stereocenters. The van der Waals surface area contributed by atoms with Gasteiger partial charge >= 0.3 is 0 Å². The van der Waals surface area contributed by atoms with Crippen LogP contribution < -0.4 is 5.32 Å². The Morgan fingerprint density at radius 1 is 0.865 bits per heavy atom. The number of nitrogens with zero attached hydrogens (tertiary/aromatic N) is 4. The zero-order valence-electron chi connectivity index (χ0n) is 20.6. The van der Waals surface area contributed by atoms with Gasteiger partial charge < -0.3 is 15.1 Å². The Morgan fingerprint density at radius 2 is 1.57 bits per heavy atom. The van der Waals surface area contributed by atoms with Crippen molar-refractivity contribution in [1.29, 1.82) is 0 Å². The molecule has 1 aromatic heterocycles. The van der Waals surface area contributed by atoms with Crippen molar-refractivity contribution in [3.63, 3.8) is 0 Å². The summed E-state index contributed by atoms with van der Waals surface area (Å²) < 4.78 is 15.2. The van der Waals surface area contributed by atoms with Gasteiger partial charge in [0, 0.05) is 67.4 Å². The molecule has 1 atom stereocenters. The highest BCUT2D eigenvalue weighted by Crippen LogP contribution is 2.29. The highest BCUT2D eigenvalue weighted by Gasteiger charge is 2.35. The second kappa shape index (κ2) is 9.44. The molecule has 0 aliphatic carbocycles. The van der Waals surface area contributed by atoms with Gasteiger partial charge in [-0.05, 0) is 61.0 Å². The van der Waals surface area contributed by atoms with E-state index in [1.165, 1.54) is 12.1 Å². The summed E-state index contributed by atoms with van der Waals surface area (Å²) in [7, 11) is 1.86. The van der Waals surface area contributed by atoms with E-state index in [9.17, 15) is 14.0 Å². The summed E-state index contributed by atoms with van der Waals surface area (Å²) in [5.74, 6) is -0.240. The Hall–Kier alpha value is -4.04. The van der Waals surface area contributed by atoms with Gasteiger partial charge in [-0.25, -0.2) is 4.39 Å². The maximum Gasteiger partial charge on any atom is 0.253 e. The second-order valence-corrected chi connectivity index (χ2v) is 9.89. The first-order valence-corrected chi connectivity index (χ1v) is 12.6. The van der Waals surface area contributed by atoms with Crippen molar-refractivity contribution < 1.29 is 14.0 Å². The number of fused-ring (bicyclic) bond motifs is 1. The number of benzene rings is 3. The molecule has 2 fully saturated rings. The first-order chi connectivity index (χ1) is 18.0. The van der Waals surface area contributed by atoms with Crippen LogP contribution in [0.5, 0.6) is 0 Å². The molecule has 2 amide bonds. The molecule has 3 heterocycles. The molecule has 7 nitrogen and oxygen atoms in total. The number of likely N-dealkylation sites (tertiary alicyclic amines) is 2. The van der Waals surface area contributed by atoms with Crippen LogP contribution in [0.25, 0.3) is 22.2 Å². The third-order valence-electron chi connectivity index (χ3n) is 7.35. The van der Waals surface area contributed by atoms with E-state index in [-0.39, 0.29) is 29.7 Å². The number of halogens is 1. The molecule has 0 bridgehead atoms. The summed E-state index contributed by atoms with van der Waals surface area (Å²) >= 11 is 0. The lowest BCUT2D eigenvalue weighted by Gasteiger charge is -2.41. The predicted molar refractivity (Wildman–Crippen MR) is 140 cm³/mol. The van der Waals surface area contributed by atoms with Crippen LogP contribution in [0.15, 0.2) is 72.8 Å². The highest BCUT2D eigenvalue weighted by molar-refractivity contribution is 6.02. The van der Waals surface area contributed by atoms with Gasteiger partial charge in [-0.3, -0.25) is 14.3 Å². The van der Waals surface area contributed by atoms with Crippen LogP contribution >= 0.6 is 0 Å². The van der Waals surface area contributed by atoms with Crippen molar-refractivity contribution in [3.8, 4) is 11.3 Å². The topological polar surface area (TPSA) is 70.5 Å². The van der Waals surface area contributed by atoms with Crippen LogP contribution in [0.2, 0.25) is 0 Å². The van der Waals surface area contributed by atoms with Crippen molar-refractivity contribution in [2.24, 2.45) is 7.05 Å². The third-order valence-corrected chi connectivity index (χ3v) is 7.35. The number of nitrogens with one attached hydrogen (secondary N) is 1. The van der Waals surface area contributed by atoms with E-state index in [0.717, 1.165) is 40.7 Å². The molecule has 37 heavy (non-hydrogen) atoms. The van der Waals surface area contributed by atoms with E-state index in [1.54, 1.807) is 16.8 Å².